The summed E-state index contributed by atoms with van der Waals surface area (Å²) in [5.74, 6) is -0.0517. The molecule has 0 saturated carbocycles. The van der Waals surface area contributed by atoms with E-state index < -0.39 is 5.97 Å². The Kier molecular flexibility index (Phi) is 4.25. The lowest BCUT2D eigenvalue weighted by Crippen LogP contribution is -2.15. The molecule has 1 aromatic carbocycles. The van der Waals surface area contributed by atoms with Crippen LogP contribution in [0.15, 0.2) is 30.3 Å². The number of nitrogens with one attached hydrogen (secondary N) is 1. The van der Waals surface area contributed by atoms with Gasteiger partial charge in [-0.1, -0.05) is 30.3 Å². The summed E-state index contributed by atoms with van der Waals surface area (Å²) in [5, 5.41) is 6.48. The van der Waals surface area contributed by atoms with Crippen LogP contribution in [0.2, 0.25) is 0 Å². The molecule has 0 amide bonds. The quantitative estimate of drug-likeness (QED) is 0.788. The molecule has 3 N–H and O–H groups in total. The zero-order chi connectivity index (χ0) is 13.7. The van der Waals surface area contributed by atoms with Crippen LogP contribution in [0.1, 0.15) is 35.0 Å². The number of carbonyl (C=O) groups is 1. The normalized spacial score (nSPS) is 12.1. The fourth-order valence-electron chi connectivity index (χ4n) is 1.69. The van der Waals surface area contributed by atoms with Crippen molar-refractivity contribution in [3.8, 4) is 0 Å². The Balaban J connectivity index is 2.04. The number of hydrogen-bond acceptors (Lipinski definition) is 5. The average Bonchev–Trinajstić information content (AvgIpc) is 2.90. The van der Waals surface area contributed by atoms with Crippen molar-refractivity contribution in [1.82, 2.24) is 15.2 Å². The zero-order valence-corrected chi connectivity index (χ0v) is 10.7. The third-order valence-electron chi connectivity index (χ3n) is 2.61. The van der Waals surface area contributed by atoms with Crippen molar-refractivity contribution in [3.63, 3.8) is 0 Å². The van der Waals surface area contributed by atoms with E-state index in [9.17, 15) is 4.79 Å². The lowest BCUT2D eigenvalue weighted by Gasteiger charge is -2.07. The number of ether oxygens (including phenoxy) is 1. The van der Waals surface area contributed by atoms with Crippen LogP contribution in [-0.2, 0) is 11.2 Å². The number of carbonyl (C=O) groups excluding carboxylic acids is 1. The molecular formula is C13H16N4O2. The van der Waals surface area contributed by atoms with E-state index in [2.05, 4.69) is 15.2 Å². The predicted octanol–water partition coefficient (Wildman–Crippen LogP) is 1.22. The second-order valence-electron chi connectivity index (χ2n) is 4.06. The van der Waals surface area contributed by atoms with Gasteiger partial charge in [-0.3, -0.25) is 5.10 Å². The lowest BCUT2D eigenvalue weighted by atomic mass is 10.1. The maximum absolute atomic E-state index is 11.4. The molecule has 0 aliphatic heterocycles. The van der Waals surface area contributed by atoms with E-state index in [0.717, 1.165) is 5.56 Å². The van der Waals surface area contributed by atoms with Crippen LogP contribution in [0.3, 0.4) is 0 Å². The van der Waals surface area contributed by atoms with E-state index in [0.29, 0.717) is 18.9 Å². The topological polar surface area (TPSA) is 93.9 Å². The Bertz CT molecular complexity index is 539. The van der Waals surface area contributed by atoms with Gasteiger partial charge in [0.2, 0.25) is 0 Å². The Morgan fingerprint density at radius 1 is 1.42 bits per heavy atom. The molecule has 2 aromatic rings. The Labute approximate surface area is 111 Å². The summed E-state index contributed by atoms with van der Waals surface area (Å²) < 4.78 is 4.81. The third-order valence-corrected chi connectivity index (χ3v) is 2.61. The van der Waals surface area contributed by atoms with Crippen LogP contribution in [-0.4, -0.2) is 27.8 Å². The van der Waals surface area contributed by atoms with Crippen LogP contribution in [0, 0.1) is 0 Å². The van der Waals surface area contributed by atoms with Crippen LogP contribution in [0.25, 0.3) is 0 Å². The average molecular weight is 260 g/mol. The maximum atomic E-state index is 11.4. The van der Waals surface area contributed by atoms with Gasteiger partial charge in [-0.2, -0.15) is 0 Å². The van der Waals surface area contributed by atoms with E-state index >= 15 is 0 Å². The van der Waals surface area contributed by atoms with Gasteiger partial charge in [-0.15, -0.1) is 5.10 Å². The molecule has 1 heterocycles. The van der Waals surface area contributed by atoms with Gasteiger partial charge in [0.05, 0.1) is 12.6 Å². The van der Waals surface area contributed by atoms with Gasteiger partial charge in [0.15, 0.2) is 0 Å². The van der Waals surface area contributed by atoms with Crippen LogP contribution in [0.5, 0.6) is 0 Å². The molecule has 6 heteroatoms. The highest BCUT2D eigenvalue weighted by Crippen LogP contribution is 2.12. The van der Waals surface area contributed by atoms with Gasteiger partial charge in [0, 0.05) is 0 Å². The summed E-state index contributed by atoms with van der Waals surface area (Å²) in [6.45, 7) is 2.02. The Morgan fingerprint density at radius 2 is 2.16 bits per heavy atom. The van der Waals surface area contributed by atoms with Crippen molar-refractivity contribution in [1.29, 1.82) is 0 Å². The molecule has 0 fully saturated rings. The molecule has 0 spiro atoms. The van der Waals surface area contributed by atoms with Crippen LogP contribution in [0.4, 0.5) is 0 Å². The zero-order valence-electron chi connectivity index (χ0n) is 10.7. The second kappa shape index (κ2) is 6.10. The fourth-order valence-corrected chi connectivity index (χ4v) is 1.69. The first-order chi connectivity index (χ1) is 9.20. The standard InChI is InChI=1S/C13H16N4O2/c1-2-19-13(18)12-15-11(16-17-12)10(14)8-9-6-4-3-5-7-9/h3-7,10H,2,8,14H2,1H3,(H,15,16,17)/t10-/m0/s1. The first kappa shape index (κ1) is 13.2. The molecule has 6 nitrogen and oxygen atoms in total. The first-order valence-corrected chi connectivity index (χ1v) is 6.09. The van der Waals surface area contributed by atoms with E-state index in [4.69, 9.17) is 10.5 Å². The van der Waals surface area contributed by atoms with Crippen molar-refractivity contribution < 1.29 is 9.53 Å². The van der Waals surface area contributed by atoms with Gasteiger partial charge in [0.25, 0.3) is 5.82 Å². The number of hydrogen-bond donors (Lipinski definition) is 2. The summed E-state index contributed by atoms with van der Waals surface area (Å²) in [7, 11) is 0. The number of H-pyrrole nitrogens is 1. The van der Waals surface area contributed by atoms with E-state index in [1.165, 1.54) is 0 Å². The van der Waals surface area contributed by atoms with Gasteiger partial charge in [0.1, 0.15) is 5.82 Å². The fraction of sp³-hybridized carbons (Fsp3) is 0.308. The van der Waals surface area contributed by atoms with Crippen molar-refractivity contribution in [3.05, 3.63) is 47.5 Å². The Morgan fingerprint density at radius 3 is 2.84 bits per heavy atom. The van der Waals surface area contributed by atoms with Crippen LogP contribution < -0.4 is 5.73 Å². The SMILES string of the molecule is CCOC(=O)c1n[nH]c([C@@H](N)Cc2ccccc2)n1. The summed E-state index contributed by atoms with van der Waals surface area (Å²) in [6, 6.07) is 9.49. The molecule has 0 radical (unpaired) electrons. The second-order valence-corrected chi connectivity index (χ2v) is 4.06. The van der Waals surface area contributed by atoms with Gasteiger partial charge >= 0.3 is 5.97 Å². The summed E-state index contributed by atoms with van der Waals surface area (Å²) in [6.07, 6.45) is 0.623. The third kappa shape index (κ3) is 3.38. The molecule has 0 saturated heterocycles. The molecule has 19 heavy (non-hydrogen) atoms. The number of rotatable bonds is 5. The highest BCUT2D eigenvalue weighted by Gasteiger charge is 2.17. The van der Waals surface area contributed by atoms with Crippen molar-refractivity contribution in [2.75, 3.05) is 6.61 Å². The molecule has 0 aliphatic carbocycles. The van der Waals surface area contributed by atoms with Gasteiger partial charge in [-0.25, -0.2) is 9.78 Å². The van der Waals surface area contributed by atoms with Gasteiger partial charge in [-0.05, 0) is 18.9 Å². The largest absolute Gasteiger partial charge is 0.460 e. The van der Waals surface area contributed by atoms with Crippen molar-refractivity contribution in [2.24, 2.45) is 5.73 Å². The first-order valence-electron chi connectivity index (χ1n) is 6.09. The highest BCUT2D eigenvalue weighted by molar-refractivity contribution is 5.84. The molecule has 2 rings (SSSR count). The molecule has 100 valence electrons. The minimum atomic E-state index is -0.545. The predicted molar refractivity (Wildman–Crippen MR) is 69.4 cm³/mol. The van der Waals surface area contributed by atoms with E-state index in [-0.39, 0.29) is 11.9 Å². The number of aromatic nitrogens is 3. The molecule has 0 bridgehead atoms. The summed E-state index contributed by atoms with van der Waals surface area (Å²) in [4.78, 5) is 15.5. The number of nitrogens with zero attached hydrogens (tertiary/aromatic N) is 2. The monoisotopic (exact) mass is 260 g/mol. The van der Waals surface area contributed by atoms with Crippen LogP contribution >= 0.6 is 0 Å². The highest BCUT2D eigenvalue weighted by atomic mass is 16.5. The molecular weight excluding hydrogens is 244 g/mol. The molecule has 1 aromatic heterocycles. The Hall–Kier alpha value is -2.21. The molecule has 0 unspecified atom stereocenters. The number of benzene rings is 1. The minimum absolute atomic E-state index is 0.0142. The summed E-state index contributed by atoms with van der Waals surface area (Å²) in [5.41, 5.74) is 7.13. The number of aromatic amines is 1. The van der Waals surface area contributed by atoms with Crippen molar-refractivity contribution >= 4 is 5.97 Å². The molecule has 1 atom stereocenters. The minimum Gasteiger partial charge on any atom is -0.460 e. The molecule has 0 aliphatic rings. The number of nitrogens with two attached hydrogens (primary N) is 1. The van der Waals surface area contributed by atoms with E-state index in [1.54, 1.807) is 6.92 Å². The number of esters is 1. The lowest BCUT2D eigenvalue weighted by molar-refractivity contribution is 0.0512. The van der Waals surface area contributed by atoms with Gasteiger partial charge < -0.3 is 10.5 Å². The smallest absolute Gasteiger partial charge is 0.378 e. The van der Waals surface area contributed by atoms with E-state index in [1.807, 2.05) is 30.3 Å². The summed E-state index contributed by atoms with van der Waals surface area (Å²) >= 11 is 0. The van der Waals surface area contributed by atoms with Crippen molar-refractivity contribution in [2.45, 2.75) is 19.4 Å². The maximum Gasteiger partial charge on any atom is 0.378 e.